The SMILES string of the molecule is COc1cc(F)c(C(=O)NCCNC2CCCCCC2)cc1OC. The van der Waals surface area contributed by atoms with Crippen LogP contribution in [-0.4, -0.2) is 39.3 Å². The Bertz CT molecular complexity index is 543. The summed E-state index contributed by atoms with van der Waals surface area (Å²) >= 11 is 0. The van der Waals surface area contributed by atoms with Gasteiger partial charge in [0, 0.05) is 25.2 Å². The predicted molar refractivity (Wildman–Crippen MR) is 91.3 cm³/mol. The van der Waals surface area contributed by atoms with E-state index in [4.69, 9.17) is 9.47 Å². The lowest BCUT2D eigenvalue weighted by Gasteiger charge is -2.16. The summed E-state index contributed by atoms with van der Waals surface area (Å²) in [7, 11) is 2.88. The predicted octanol–water partition coefficient (Wildman–Crippen LogP) is 2.89. The largest absolute Gasteiger partial charge is 0.493 e. The molecular formula is C18H27FN2O3. The number of amides is 1. The van der Waals surface area contributed by atoms with Crippen LogP contribution in [0.3, 0.4) is 0 Å². The molecule has 0 spiro atoms. The highest BCUT2D eigenvalue weighted by atomic mass is 19.1. The Morgan fingerprint density at radius 1 is 1.08 bits per heavy atom. The van der Waals surface area contributed by atoms with Crippen LogP contribution in [0.2, 0.25) is 0 Å². The van der Waals surface area contributed by atoms with Gasteiger partial charge in [-0.25, -0.2) is 4.39 Å². The molecule has 0 saturated heterocycles. The van der Waals surface area contributed by atoms with E-state index in [-0.39, 0.29) is 11.3 Å². The smallest absolute Gasteiger partial charge is 0.254 e. The Balaban J connectivity index is 1.83. The van der Waals surface area contributed by atoms with Crippen LogP contribution >= 0.6 is 0 Å². The molecule has 24 heavy (non-hydrogen) atoms. The summed E-state index contributed by atoms with van der Waals surface area (Å²) in [5.74, 6) is -0.472. The van der Waals surface area contributed by atoms with Crippen molar-refractivity contribution in [2.45, 2.75) is 44.6 Å². The molecule has 2 N–H and O–H groups in total. The standard InChI is InChI=1S/C18H27FN2O3/c1-23-16-11-14(15(19)12-17(16)24-2)18(22)21-10-9-20-13-7-5-3-4-6-8-13/h11-13,20H,3-10H2,1-2H3,(H,21,22). The fraction of sp³-hybridized carbons (Fsp3) is 0.611. The summed E-state index contributed by atoms with van der Waals surface area (Å²) < 4.78 is 24.2. The van der Waals surface area contributed by atoms with E-state index >= 15 is 0 Å². The Kier molecular flexibility index (Phi) is 7.31. The molecule has 6 heteroatoms. The molecule has 134 valence electrons. The molecule has 1 fully saturated rings. The quantitative estimate of drug-likeness (QED) is 0.593. The second-order valence-corrected chi connectivity index (χ2v) is 6.09. The number of hydrogen-bond donors (Lipinski definition) is 2. The van der Waals surface area contributed by atoms with Crippen LogP contribution in [0, 0.1) is 5.82 Å². The van der Waals surface area contributed by atoms with Gasteiger partial charge in [0.15, 0.2) is 11.5 Å². The van der Waals surface area contributed by atoms with Gasteiger partial charge >= 0.3 is 0 Å². The first-order valence-electron chi connectivity index (χ1n) is 8.58. The third-order valence-electron chi connectivity index (χ3n) is 4.42. The van der Waals surface area contributed by atoms with Gasteiger partial charge in [0.1, 0.15) is 5.82 Å². The van der Waals surface area contributed by atoms with E-state index < -0.39 is 11.7 Å². The lowest BCUT2D eigenvalue weighted by molar-refractivity contribution is 0.0949. The average Bonchev–Trinajstić information content (AvgIpc) is 2.87. The number of ether oxygens (including phenoxy) is 2. The minimum Gasteiger partial charge on any atom is -0.493 e. The number of carbonyl (C=O) groups is 1. The first-order chi connectivity index (χ1) is 11.7. The maximum atomic E-state index is 14.0. The van der Waals surface area contributed by atoms with Crippen molar-refractivity contribution in [3.8, 4) is 11.5 Å². The van der Waals surface area contributed by atoms with Crippen molar-refractivity contribution in [2.75, 3.05) is 27.3 Å². The monoisotopic (exact) mass is 338 g/mol. The second-order valence-electron chi connectivity index (χ2n) is 6.09. The summed E-state index contributed by atoms with van der Waals surface area (Å²) in [6, 6.07) is 3.06. The maximum absolute atomic E-state index is 14.0. The molecule has 0 aromatic heterocycles. The summed E-state index contributed by atoms with van der Waals surface area (Å²) in [4.78, 5) is 12.2. The number of nitrogens with one attached hydrogen (secondary N) is 2. The van der Waals surface area contributed by atoms with Crippen LogP contribution < -0.4 is 20.1 Å². The van der Waals surface area contributed by atoms with Crippen molar-refractivity contribution >= 4 is 5.91 Å². The number of carbonyl (C=O) groups excluding carboxylic acids is 1. The van der Waals surface area contributed by atoms with Gasteiger partial charge in [-0.05, 0) is 18.9 Å². The molecule has 5 nitrogen and oxygen atoms in total. The zero-order chi connectivity index (χ0) is 17.4. The van der Waals surface area contributed by atoms with Crippen LogP contribution in [0.1, 0.15) is 48.9 Å². The number of rotatable bonds is 7. The van der Waals surface area contributed by atoms with E-state index in [1.165, 1.54) is 58.8 Å². The van der Waals surface area contributed by atoms with Gasteiger partial charge in [-0.1, -0.05) is 25.7 Å². The zero-order valence-corrected chi connectivity index (χ0v) is 14.5. The lowest BCUT2D eigenvalue weighted by Crippen LogP contribution is -2.37. The van der Waals surface area contributed by atoms with Crippen molar-refractivity contribution in [3.63, 3.8) is 0 Å². The molecule has 0 radical (unpaired) electrons. The number of hydrogen-bond acceptors (Lipinski definition) is 4. The fourth-order valence-electron chi connectivity index (χ4n) is 3.06. The van der Waals surface area contributed by atoms with Crippen molar-refractivity contribution < 1.29 is 18.7 Å². The van der Waals surface area contributed by atoms with Crippen LogP contribution in [0.4, 0.5) is 4.39 Å². The molecule has 0 bridgehead atoms. The first kappa shape index (κ1) is 18.5. The Morgan fingerprint density at radius 2 is 1.71 bits per heavy atom. The molecule has 0 aliphatic heterocycles. The van der Waals surface area contributed by atoms with Gasteiger partial charge in [0.05, 0.1) is 19.8 Å². The Morgan fingerprint density at radius 3 is 2.33 bits per heavy atom. The van der Waals surface area contributed by atoms with Gasteiger partial charge in [-0.15, -0.1) is 0 Å². The molecule has 1 aliphatic rings. The summed E-state index contributed by atoms with van der Waals surface area (Å²) in [6.07, 6.45) is 7.54. The summed E-state index contributed by atoms with van der Waals surface area (Å²) in [6.45, 7) is 1.15. The highest BCUT2D eigenvalue weighted by Gasteiger charge is 2.17. The van der Waals surface area contributed by atoms with Crippen LogP contribution in [0.5, 0.6) is 11.5 Å². The van der Waals surface area contributed by atoms with E-state index in [1.807, 2.05) is 0 Å². The van der Waals surface area contributed by atoms with Crippen molar-refractivity contribution in [1.29, 1.82) is 0 Å². The van der Waals surface area contributed by atoms with Crippen LogP contribution in [0.25, 0.3) is 0 Å². The third kappa shape index (κ3) is 5.09. The molecule has 1 aromatic carbocycles. The van der Waals surface area contributed by atoms with E-state index in [0.29, 0.717) is 24.9 Å². The summed E-state index contributed by atoms with van der Waals surface area (Å²) in [5.41, 5.74) is -0.0397. The fourth-order valence-corrected chi connectivity index (χ4v) is 3.06. The Labute approximate surface area is 142 Å². The molecule has 2 rings (SSSR count). The molecule has 1 amide bonds. The minimum atomic E-state index is -0.623. The van der Waals surface area contributed by atoms with E-state index in [9.17, 15) is 9.18 Å². The highest BCUT2D eigenvalue weighted by molar-refractivity contribution is 5.95. The van der Waals surface area contributed by atoms with E-state index in [1.54, 1.807) is 0 Å². The van der Waals surface area contributed by atoms with Gasteiger partial charge in [0.25, 0.3) is 5.91 Å². The number of benzene rings is 1. The minimum absolute atomic E-state index is 0.0397. The summed E-state index contributed by atoms with van der Waals surface area (Å²) in [5, 5.41) is 6.22. The van der Waals surface area contributed by atoms with Gasteiger partial charge in [0.2, 0.25) is 0 Å². The molecule has 1 aromatic rings. The highest BCUT2D eigenvalue weighted by Crippen LogP contribution is 2.29. The molecule has 1 aliphatic carbocycles. The molecule has 0 atom stereocenters. The van der Waals surface area contributed by atoms with Crippen molar-refractivity contribution in [1.82, 2.24) is 10.6 Å². The van der Waals surface area contributed by atoms with Crippen molar-refractivity contribution in [3.05, 3.63) is 23.5 Å². The molecular weight excluding hydrogens is 311 g/mol. The normalized spacial score (nSPS) is 15.6. The van der Waals surface area contributed by atoms with E-state index in [2.05, 4.69) is 10.6 Å². The van der Waals surface area contributed by atoms with Crippen LogP contribution in [0.15, 0.2) is 12.1 Å². The number of halogens is 1. The van der Waals surface area contributed by atoms with Crippen molar-refractivity contribution in [2.24, 2.45) is 0 Å². The lowest BCUT2D eigenvalue weighted by atomic mass is 10.1. The maximum Gasteiger partial charge on any atom is 0.254 e. The van der Waals surface area contributed by atoms with Gasteiger partial charge < -0.3 is 20.1 Å². The molecule has 1 saturated carbocycles. The second kappa shape index (κ2) is 9.47. The topological polar surface area (TPSA) is 59.6 Å². The average molecular weight is 338 g/mol. The first-order valence-corrected chi connectivity index (χ1v) is 8.58. The third-order valence-corrected chi connectivity index (χ3v) is 4.42. The molecule has 0 unspecified atom stereocenters. The van der Waals surface area contributed by atoms with E-state index in [0.717, 1.165) is 6.07 Å². The van der Waals surface area contributed by atoms with Gasteiger partial charge in [-0.3, -0.25) is 4.79 Å². The van der Waals surface area contributed by atoms with Gasteiger partial charge in [-0.2, -0.15) is 0 Å². The Hall–Kier alpha value is -1.82. The van der Waals surface area contributed by atoms with Crippen LogP contribution in [-0.2, 0) is 0 Å². The zero-order valence-electron chi connectivity index (χ0n) is 14.5. The number of methoxy groups -OCH3 is 2. The molecule has 0 heterocycles.